The lowest BCUT2D eigenvalue weighted by molar-refractivity contribution is 0.172. The van der Waals surface area contributed by atoms with Gasteiger partial charge in [0.2, 0.25) is 0 Å². The van der Waals surface area contributed by atoms with Crippen LogP contribution >= 0.6 is 0 Å². The van der Waals surface area contributed by atoms with E-state index in [1.54, 1.807) is 0 Å². The lowest BCUT2D eigenvalue weighted by atomic mass is 10.1. The highest BCUT2D eigenvalue weighted by Gasteiger charge is 2.32. The summed E-state index contributed by atoms with van der Waals surface area (Å²) in [5.41, 5.74) is 2.79. The third kappa shape index (κ3) is 3.23. The number of carbonyl (C=O) groups excluding carboxylic acids is 1. The number of urea groups is 1. The summed E-state index contributed by atoms with van der Waals surface area (Å²) in [6.07, 6.45) is 6.91. The molecule has 2 saturated heterocycles. The van der Waals surface area contributed by atoms with Crippen LogP contribution in [0.2, 0.25) is 0 Å². The molecule has 23 heavy (non-hydrogen) atoms. The van der Waals surface area contributed by atoms with Crippen LogP contribution in [0.25, 0.3) is 0 Å². The molecule has 0 radical (unpaired) electrons. The van der Waals surface area contributed by atoms with Crippen LogP contribution in [-0.4, -0.2) is 54.1 Å². The van der Waals surface area contributed by atoms with Gasteiger partial charge in [0.05, 0.1) is 0 Å². The van der Waals surface area contributed by atoms with Crippen molar-refractivity contribution in [2.24, 2.45) is 0 Å². The summed E-state index contributed by atoms with van der Waals surface area (Å²) < 4.78 is 0. The van der Waals surface area contributed by atoms with Crippen molar-refractivity contribution in [2.45, 2.75) is 50.6 Å². The Kier molecular flexibility index (Phi) is 4.25. The van der Waals surface area contributed by atoms with E-state index < -0.39 is 0 Å². The number of amides is 2. The number of likely N-dealkylation sites (tertiary alicyclic amines) is 2. The average Bonchev–Trinajstić information content (AvgIpc) is 3.27. The van der Waals surface area contributed by atoms with Crippen LogP contribution in [0.3, 0.4) is 0 Å². The molecule has 0 saturated carbocycles. The number of fused-ring (bicyclic) bond motifs is 1. The molecule has 124 valence electrons. The fourth-order valence-corrected chi connectivity index (χ4v) is 4.47. The zero-order valence-electron chi connectivity index (χ0n) is 13.8. The number of benzene rings is 1. The molecule has 1 aromatic carbocycles. The highest BCUT2D eigenvalue weighted by atomic mass is 16.2. The summed E-state index contributed by atoms with van der Waals surface area (Å²) in [6.45, 7) is 4.41. The molecule has 0 aromatic heterocycles. The molecule has 0 unspecified atom stereocenters. The Morgan fingerprint density at radius 2 is 1.74 bits per heavy atom. The molecule has 4 rings (SSSR count). The summed E-state index contributed by atoms with van der Waals surface area (Å²) in [7, 11) is 0. The number of nitrogens with one attached hydrogen (secondary N) is 1. The van der Waals surface area contributed by atoms with Gasteiger partial charge in [-0.25, -0.2) is 4.79 Å². The number of hydrogen-bond donors (Lipinski definition) is 1. The average molecular weight is 313 g/mol. The Hall–Kier alpha value is -1.55. The van der Waals surface area contributed by atoms with Crippen molar-refractivity contribution in [3.05, 3.63) is 35.4 Å². The van der Waals surface area contributed by atoms with Crippen molar-refractivity contribution < 1.29 is 4.79 Å². The number of hydrogen-bond acceptors (Lipinski definition) is 2. The summed E-state index contributed by atoms with van der Waals surface area (Å²) in [5, 5.41) is 3.29. The molecule has 2 aliphatic heterocycles. The number of nitrogens with zero attached hydrogens (tertiary/aromatic N) is 2. The van der Waals surface area contributed by atoms with Gasteiger partial charge in [-0.3, -0.25) is 0 Å². The molecule has 4 nitrogen and oxygen atoms in total. The highest BCUT2D eigenvalue weighted by molar-refractivity contribution is 5.75. The maximum absolute atomic E-state index is 12.7. The van der Waals surface area contributed by atoms with Crippen molar-refractivity contribution in [3.63, 3.8) is 0 Å². The predicted molar refractivity (Wildman–Crippen MR) is 91.6 cm³/mol. The molecule has 1 N–H and O–H groups in total. The van der Waals surface area contributed by atoms with Crippen LogP contribution in [0.5, 0.6) is 0 Å². The lowest BCUT2D eigenvalue weighted by Crippen LogP contribution is -2.49. The minimum atomic E-state index is 0.157. The van der Waals surface area contributed by atoms with E-state index in [0.29, 0.717) is 6.04 Å². The summed E-state index contributed by atoms with van der Waals surface area (Å²) in [5.74, 6) is 0. The van der Waals surface area contributed by atoms with Crippen molar-refractivity contribution in [3.8, 4) is 0 Å². The third-order valence-electron chi connectivity index (χ3n) is 5.68. The molecule has 0 spiro atoms. The molecule has 2 fully saturated rings. The molecule has 0 bridgehead atoms. The van der Waals surface area contributed by atoms with Crippen LogP contribution in [0.4, 0.5) is 4.79 Å². The van der Waals surface area contributed by atoms with Gasteiger partial charge < -0.3 is 15.1 Å². The Balaban J connectivity index is 1.33. The lowest BCUT2D eigenvalue weighted by Gasteiger charge is -2.29. The van der Waals surface area contributed by atoms with Crippen molar-refractivity contribution in [1.82, 2.24) is 15.1 Å². The predicted octanol–water partition coefficient (Wildman–Crippen LogP) is 2.42. The summed E-state index contributed by atoms with van der Waals surface area (Å²) >= 11 is 0. The molecule has 2 heterocycles. The standard InChI is InChI=1S/C19H27N3O/c23-19(20-17-12-15-6-1-2-7-16(15)13-17)22-11-5-8-18(22)14-21-9-3-4-10-21/h1-2,6-7,17-18H,3-5,8-14H2,(H,20,23)/t18-/m0/s1. The second-order valence-electron chi connectivity index (χ2n) is 7.32. The Morgan fingerprint density at radius 3 is 2.43 bits per heavy atom. The van der Waals surface area contributed by atoms with Crippen molar-refractivity contribution in [1.29, 1.82) is 0 Å². The molecular weight excluding hydrogens is 286 g/mol. The number of rotatable bonds is 3. The van der Waals surface area contributed by atoms with E-state index >= 15 is 0 Å². The molecule has 1 aromatic rings. The van der Waals surface area contributed by atoms with E-state index in [2.05, 4.69) is 39.4 Å². The number of carbonyl (C=O) groups is 1. The van der Waals surface area contributed by atoms with E-state index in [0.717, 1.165) is 38.8 Å². The normalized spacial score (nSPS) is 25.0. The largest absolute Gasteiger partial charge is 0.335 e. The van der Waals surface area contributed by atoms with Crippen LogP contribution in [0.15, 0.2) is 24.3 Å². The van der Waals surface area contributed by atoms with E-state index in [4.69, 9.17) is 0 Å². The van der Waals surface area contributed by atoms with Crippen LogP contribution in [0.1, 0.15) is 36.8 Å². The first-order chi connectivity index (χ1) is 11.3. The van der Waals surface area contributed by atoms with Gasteiger partial charge in [0.15, 0.2) is 0 Å². The van der Waals surface area contributed by atoms with Crippen molar-refractivity contribution in [2.75, 3.05) is 26.2 Å². The van der Waals surface area contributed by atoms with Crippen LogP contribution < -0.4 is 5.32 Å². The molecule has 3 aliphatic rings. The van der Waals surface area contributed by atoms with Gasteiger partial charge in [0, 0.05) is 25.2 Å². The molecule has 2 amide bonds. The highest BCUT2D eigenvalue weighted by Crippen LogP contribution is 2.24. The smallest absolute Gasteiger partial charge is 0.317 e. The summed E-state index contributed by atoms with van der Waals surface area (Å²) in [4.78, 5) is 17.4. The van der Waals surface area contributed by atoms with Crippen LogP contribution in [-0.2, 0) is 12.8 Å². The third-order valence-corrected chi connectivity index (χ3v) is 5.68. The van der Waals surface area contributed by atoms with Gasteiger partial charge in [-0.15, -0.1) is 0 Å². The first-order valence-electron chi connectivity index (χ1n) is 9.16. The van der Waals surface area contributed by atoms with Crippen LogP contribution in [0, 0.1) is 0 Å². The van der Waals surface area contributed by atoms with Gasteiger partial charge in [-0.2, -0.15) is 0 Å². The molecular formula is C19H27N3O. The van der Waals surface area contributed by atoms with Gasteiger partial charge in [-0.05, 0) is 62.7 Å². The minimum absolute atomic E-state index is 0.157. The molecule has 1 aliphatic carbocycles. The second kappa shape index (κ2) is 6.52. The SMILES string of the molecule is O=C(NC1Cc2ccccc2C1)N1CCC[C@H]1CN1CCCC1. The van der Waals surface area contributed by atoms with Gasteiger partial charge in [0.25, 0.3) is 0 Å². The minimum Gasteiger partial charge on any atom is -0.335 e. The van der Waals surface area contributed by atoms with E-state index in [1.807, 2.05) is 0 Å². The Bertz CT molecular complexity index is 542. The second-order valence-corrected chi connectivity index (χ2v) is 7.32. The van der Waals surface area contributed by atoms with E-state index in [-0.39, 0.29) is 12.1 Å². The van der Waals surface area contributed by atoms with Gasteiger partial charge in [-0.1, -0.05) is 24.3 Å². The van der Waals surface area contributed by atoms with E-state index in [9.17, 15) is 4.79 Å². The van der Waals surface area contributed by atoms with Gasteiger partial charge >= 0.3 is 6.03 Å². The van der Waals surface area contributed by atoms with Crippen molar-refractivity contribution >= 4 is 6.03 Å². The summed E-state index contributed by atoms with van der Waals surface area (Å²) in [6, 6.07) is 9.40. The Morgan fingerprint density at radius 1 is 1.04 bits per heavy atom. The maximum Gasteiger partial charge on any atom is 0.317 e. The first kappa shape index (κ1) is 15.0. The maximum atomic E-state index is 12.7. The fraction of sp³-hybridized carbons (Fsp3) is 0.632. The molecule has 4 heteroatoms. The van der Waals surface area contributed by atoms with E-state index in [1.165, 1.54) is 37.1 Å². The van der Waals surface area contributed by atoms with Gasteiger partial charge in [0.1, 0.15) is 0 Å². The first-order valence-corrected chi connectivity index (χ1v) is 9.16. The topological polar surface area (TPSA) is 35.6 Å². The quantitative estimate of drug-likeness (QED) is 0.930. The zero-order chi connectivity index (χ0) is 15.6. The molecule has 1 atom stereocenters. The zero-order valence-corrected chi connectivity index (χ0v) is 13.8. The monoisotopic (exact) mass is 313 g/mol. The fourth-order valence-electron chi connectivity index (χ4n) is 4.47. The Labute approximate surface area is 138 Å².